The molecule has 0 amide bonds. The van der Waals surface area contributed by atoms with E-state index in [2.05, 4.69) is 5.32 Å². The third-order valence-electron chi connectivity index (χ3n) is 3.95. The summed E-state index contributed by atoms with van der Waals surface area (Å²) in [6.07, 6.45) is 1.36. The standard InChI is InChI=1S/C15H21F2NO2/c1-3-18-14(12-5-4-11(16)10-13(12)17)15(19-2)6-8-20-9-7-15/h4-5,10,14,18H,3,6-9H2,1-2H3. The fourth-order valence-corrected chi connectivity index (χ4v) is 2.85. The quantitative estimate of drug-likeness (QED) is 0.902. The highest BCUT2D eigenvalue weighted by molar-refractivity contribution is 5.25. The first-order valence-electron chi connectivity index (χ1n) is 6.94. The van der Waals surface area contributed by atoms with E-state index in [0.717, 1.165) is 6.07 Å². The lowest BCUT2D eigenvalue weighted by atomic mass is 9.81. The van der Waals surface area contributed by atoms with Crippen LogP contribution in [0.2, 0.25) is 0 Å². The summed E-state index contributed by atoms with van der Waals surface area (Å²) in [5, 5.41) is 3.28. The normalized spacial score (nSPS) is 19.8. The molecule has 1 aliphatic rings. The number of hydrogen-bond donors (Lipinski definition) is 1. The molecule has 1 aromatic carbocycles. The summed E-state index contributed by atoms with van der Waals surface area (Å²) in [6, 6.07) is 3.38. The van der Waals surface area contributed by atoms with Gasteiger partial charge in [-0.25, -0.2) is 8.78 Å². The molecule has 1 N–H and O–H groups in total. The minimum absolute atomic E-state index is 0.318. The Balaban J connectivity index is 2.38. The molecule has 0 radical (unpaired) electrons. The summed E-state index contributed by atoms with van der Waals surface area (Å²) in [5.41, 5.74) is -0.0792. The lowest BCUT2D eigenvalue weighted by molar-refractivity contribution is -0.112. The zero-order valence-electron chi connectivity index (χ0n) is 11.9. The van der Waals surface area contributed by atoms with Gasteiger partial charge in [0, 0.05) is 44.8 Å². The van der Waals surface area contributed by atoms with E-state index in [0.29, 0.717) is 38.2 Å². The largest absolute Gasteiger partial charge is 0.381 e. The van der Waals surface area contributed by atoms with Crippen LogP contribution in [0.25, 0.3) is 0 Å². The summed E-state index contributed by atoms with van der Waals surface area (Å²) >= 11 is 0. The van der Waals surface area contributed by atoms with Crippen molar-refractivity contribution in [1.29, 1.82) is 0 Å². The van der Waals surface area contributed by atoms with Crippen molar-refractivity contribution < 1.29 is 18.3 Å². The molecule has 1 unspecified atom stereocenters. The summed E-state index contributed by atoms with van der Waals surface area (Å²) in [5.74, 6) is -1.11. The van der Waals surface area contributed by atoms with Crippen LogP contribution in [0.1, 0.15) is 31.4 Å². The second-order valence-corrected chi connectivity index (χ2v) is 5.04. The van der Waals surface area contributed by atoms with Crippen LogP contribution in [0.4, 0.5) is 8.78 Å². The van der Waals surface area contributed by atoms with Crippen LogP contribution in [-0.2, 0) is 9.47 Å². The van der Waals surface area contributed by atoms with Gasteiger partial charge in [0.15, 0.2) is 0 Å². The van der Waals surface area contributed by atoms with E-state index in [1.807, 2.05) is 6.92 Å². The van der Waals surface area contributed by atoms with E-state index < -0.39 is 17.2 Å². The molecule has 1 fully saturated rings. The van der Waals surface area contributed by atoms with Crippen LogP contribution < -0.4 is 5.32 Å². The van der Waals surface area contributed by atoms with Gasteiger partial charge in [0.05, 0.1) is 11.6 Å². The molecule has 3 nitrogen and oxygen atoms in total. The monoisotopic (exact) mass is 285 g/mol. The van der Waals surface area contributed by atoms with Crippen molar-refractivity contribution in [2.24, 2.45) is 0 Å². The Morgan fingerprint density at radius 3 is 2.60 bits per heavy atom. The minimum Gasteiger partial charge on any atom is -0.381 e. The van der Waals surface area contributed by atoms with Crippen LogP contribution in [0.3, 0.4) is 0 Å². The van der Waals surface area contributed by atoms with Gasteiger partial charge in [-0.1, -0.05) is 13.0 Å². The first-order chi connectivity index (χ1) is 9.63. The molecule has 1 heterocycles. The van der Waals surface area contributed by atoms with Crippen LogP contribution in [0.5, 0.6) is 0 Å². The van der Waals surface area contributed by atoms with Gasteiger partial charge in [-0.3, -0.25) is 0 Å². The van der Waals surface area contributed by atoms with Crippen molar-refractivity contribution >= 4 is 0 Å². The maximum Gasteiger partial charge on any atom is 0.131 e. The summed E-state index contributed by atoms with van der Waals surface area (Å²) in [6.45, 7) is 3.79. The molecule has 1 aromatic rings. The first-order valence-corrected chi connectivity index (χ1v) is 6.94. The van der Waals surface area contributed by atoms with Crippen LogP contribution in [-0.4, -0.2) is 32.5 Å². The topological polar surface area (TPSA) is 30.5 Å². The van der Waals surface area contributed by atoms with Crippen LogP contribution >= 0.6 is 0 Å². The maximum absolute atomic E-state index is 14.1. The number of hydrogen-bond acceptors (Lipinski definition) is 3. The fourth-order valence-electron chi connectivity index (χ4n) is 2.85. The molecular formula is C15H21F2NO2. The predicted molar refractivity (Wildman–Crippen MR) is 72.6 cm³/mol. The maximum atomic E-state index is 14.1. The van der Waals surface area contributed by atoms with E-state index in [4.69, 9.17) is 9.47 Å². The number of ether oxygens (including phenoxy) is 2. The molecule has 1 atom stereocenters. The zero-order chi connectivity index (χ0) is 14.6. The molecule has 0 aliphatic carbocycles. The zero-order valence-corrected chi connectivity index (χ0v) is 11.9. The minimum atomic E-state index is -0.569. The van der Waals surface area contributed by atoms with Gasteiger partial charge >= 0.3 is 0 Å². The molecule has 0 spiro atoms. The Bertz CT molecular complexity index is 447. The highest BCUT2D eigenvalue weighted by Crippen LogP contribution is 2.38. The van der Waals surface area contributed by atoms with Gasteiger partial charge in [0.1, 0.15) is 11.6 Å². The van der Waals surface area contributed by atoms with Gasteiger partial charge < -0.3 is 14.8 Å². The molecule has 20 heavy (non-hydrogen) atoms. The highest BCUT2D eigenvalue weighted by Gasteiger charge is 2.42. The number of benzene rings is 1. The average Bonchev–Trinajstić information content (AvgIpc) is 2.46. The Morgan fingerprint density at radius 1 is 1.35 bits per heavy atom. The summed E-state index contributed by atoms with van der Waals surface area (Å²) in [4.78, 5) is 0. The SMILES string of the molecule is CCNC(c1ccc(F)cc1F)C1(OC)CCOCC1. The second-order valence-electron chi connectivity index (χ2n) is 5.04. The number of methoxy groups -OCH3 is 1. The fraction of sp³-hybridized carbons (Fsp3) is 0.600. The molecule has 2 rings (SSSR count). The number of rotatable bonds is 5. The Morgan fingerprint density at radius 2 is 2.05 bits per heavy atom. The molecule has 1 saturated heterocycles. The number of nitrogens with one attached hydrogen (secondary N) is 1. The molecule has 5 heteroatoms. The van der Waals surface area contributed by atoms with Crippen molar-refractivity contribution in [2.45, 2.75) is 31.4 Å². The van der Waals surface area contributed by atoms with Crippen molar-refractivity contribution in [3.8, 4) is 0 Å². The smallest absolute Gasteiger partial charge is 0.131 e. The van der Waals surface area contributed by atoms with E-state index in [-0.39, 0.29) is 6.04 Å². The average molecular weight is 285 g/mol. The van der Waals surface area contributed by atoms with Crippen molar-refractivity contribution in [3.05, 3.63) is 35.4 Å². The lowest BCUT2D eigenvalue weighted by Gasteiger charge is -2.43. The van der Waals surface area contributed by atoms with E-state index in [1.54, 1.807) is 7.11 Å². The molecule has 0 bridgehead atoms. The van der Waals surface area contributed by atoms with Gasteiger partial charge in [-0.2, -0.15) is 0 Å². The third-order valence-corrected chi connectivity index (χ3v) is 3.95. The third kappa shape index (κ3) is 3.00. The van der Waals surface area contributed by atoms with Crippen molar-refractivity contribution in [1.82, 2.24) is 5.32 Å². The van der Waals surface area contributed by atoms with E-state index >= 15 is 0 Å². The van der Waals surface area contributed by atoms with Crippen LogP contribution in [0.15, 0.2) is 18.2 Å². The Labute approximate surface area is 118 Å². The molecule has 1 aliphatic heterocycles. The van der Waals surface area contributed by atoms with Gasteiger partial charge in [0.25, 0.3) is 0 Å². The summed E-state index contributed by atoms with van der Waals surface area (Å²) < 4.78 is 38.3. The number of likely N-dealkylation sites (N-methyl/N-ethyl adjacent to an activating group) is 1. The highest BCUT2D eigenvalue weighted by atomic mass is 19.1. The van der Waals surface area contributed by atoms with Crippen molar-refractivity contribution in [3.63, 3.8) is 0 Å². The van der Waals surface area contributed by atoms with Gasteiger partial charge in [-0.15, -0.1) is 0 Å². The predicted octanol–water partition coefficient (Wildman–Crippen LogP) is 2.81. The molecule has 0 saturated carbocycles. The van der Waals surface area contributed by atoms with Gasteiger partial charge in [0.2, 0.25) is 0 Å². The molecule has 112 valence electrons. The Kier molecular flexibility index (Phi) is 5.07. The Hall–Kier alpha value is -1.04. The lowest BCUT2D eigenvalue weighted by Crippen LogP contribution is -2.49. The molecular weight excluding hydrogens is 264 g/mol. The summed E-state index contributed by atoms with van der Waals surface area (Å²) in [7, 11) is 1.64. The molecule has 0 aromatic heterocycles. The van der Waals surface area contributed by atoms with E-state index in [1.165, 1.54) is 12.1 Å². The number of halogens is 2. The first kappa shape index (κ1) is 15.4. The van der Waals surface area contributed by atoms with Crippen molar-refractivity contribution in [2.75, 3.05) is 26.9 Å². The van der Waals surface area contributed by atoms with Crippen LogP contribution in [0, 0.1) is 11.6 Å². The van der Waals surface area contributed by atoms with E-state index in [9.17, 15) is 8.78 Å². The van der Waals surface area contributed by atoms with Gasteiger partial charge in [-0.05, 0) is 12.6 Å². The second kappa shape index (κ2) is 6.61.